The van der Waals surface area contributed by atoms with Gasteiger partial charge in [-0.2, -0.15) is 0 Å². The second-order valence-electron chi connectivity index (χ2n) is 2.52. The zero-order chi connectivity index (χ0) is 9.68. The number of nitrogens with zero attached hydrogens (tertiary/aromatic N) is 2. The van der Waals surface area contributed by atoms with E-state index in [9.17, 15) is 4.79 Å². The maximum Gasteiger partial charge on any atom is 0.404 e. The number of nitrogens with one attached hydrogen (secondary N) is 1. The number of carbonyl (C=O) groups is 1. The Hall–Kier alpha value is -1.04. The quantitative estimate of drug-likeness (QED) is 0.789. The Morgan fingerprint density at radius 3 is 3.08 bits per heavy atom. The largest absolute Gasteiger partial charge is 0.465 e. The van der Waals surface area contributed by atoms with Crippen molar-refractivity contribution in [2.75, 3.05) is 6.54 Å². The lowest BCUT2D eigenvalue weighted by Crippen LogP contribution is -2.22. The number of hydrogen-bond donors (Lipinski definition) is 2. The number of amides is 1. The van der Waals surface area contributed by atoms with Crippen LogP contribution in [0.3, 0.4) is 0 Å². The predicted octanol–water partition coefficient (Wildman–Crippen LogP) is 1.30. The second-order valence-corrected chi connectivity index (χ2v) is 3.33. The average Bonchev–Trinajstić information content (AvgIpc) is 2.45. The fourth-order valence-corrected chi connectivity index (χ4v) is 1.27. The van der Waals surface area contributed by atoms with Crippen molar-refractivity contribution in [3.05, 3.63) is 17.1 Å². The molecule has 6 heteroatoms. The molecule has 0 bridgehead atoms. The van der Waals surface area contributed by atoms with E-state index in [1.807, 2.05) is 10.8 Å². The minimum absolute atomic E-state index is 0.463. The molecule has 1 heterocycles. The van der Waals surface area contributed by atoms with Crippen LogP contribution in [-0.4, -0.2) is 27.3 Å². The molecule has 1 rings (SSSR count). The molecular formula is C7H10BrN3O2. The first-order valence-corrected chi connectivity index (χ1v) is 4.62. The van der Waals surface area contributed by atoms with Gasteiger partial charge in [0.1, 0.15) is 4.60 Å². The van der Waals surface area contributed by atoms with Crippen LogP contribution in [0.25, 0.3) is 0 Å². The van der Waals surface area contributed by atoms with Crippen LogP contribution in [0, 0.1) is 0 Å². The first kappa shape index (κ1) is 10.0. The van der Waals surface area contributed by atoms with Crippen LogP contribution in [0.5, 0.6) is 0 Å². The lowest BCUT2D eigenvalue weighted by Gasteiger charge is -2.01. The van der Waals surface area contributed by atoms with Crippen molar-refractivity contribution in [2.45, 2.75) is 13.0 Å². The van der Waals surface area contributed by atoms with Crippen molar-refractivity contribution < 1.29 is 9.90 Å². The Kier molecular flexibility index (Phi) is 3.75. The molecule has 1 aromatic rings. The molecule has 13 heavy (non-hydrogen) atoms. The van der Waals surface area contributed by atoms with E-state index in [-0.39, 0.29) is 0 Å². The highest BCUT2D eigenvalue weighted by molar-refractivity contribution is 9.10. The Bertz CT molecular complexity index is 287. The van der Waals surface area contributed by atoms with E-state index in [1.54, 1.807) is 6.33 Å². The summed E-state index contributed by atoms with van der Waals surface area (Å²) >= 11 is 3.22. The molecule has 0 radical (unpaired) electrons. The number of imidazole rings is 1. The maximum absolute atomic E-state index is 10.1. The SMILES string of the molecule is O=C(O)NCCCn1cnc(Br)c1. The third-order valence-corrected chi connectivity index (χ3v) is 1.88. The van der Waals surface area contributed by atoms with Crippen LogP contribution in [0.4, 0.5) is 4.79 Å². The van der Waals surface area contributed by atoms with Crippen LogP contribution in [0.2, 0.25) is 0 Å². The van der Waals surface area contributed by atoms with Crippen molar-refractivity contribution in [2.24, 2.45) is 0 Å². The number of rotatable bonds is 4. The summed E-state index contributed by atoms with van der Waals surface area (Å²) in [4.78, 5) is 14.1. The predicted molar refractivity (Wildman–Crippen MR) is 50.6 cm³/mol. The summed E-state index contributed by atoms with van der Waals surface area (Å²) in [5.41, 5.74) is 0. The molecule has 0 aliphatic rings. The van der Waals surface area contributed by atoms with E-state index in [1.165, 1.54) is 0 Å². The Morgan fingerprint density at radius 1 is 1.77 bits per heavy atom. The first-order valence-electron chi connectivity index (χ1n) is 3.82. The molecule has 5 nitrogen and oxygen atoms in total. The Balaban J connectivity index is 2.16. The highest BCUT2D eigenvalue weighted by atomic mass is 79.9. The fraction of sp³-hybridized carbons (Fsp3) is 0.429. The number of hydrogen-bond acceptors (Lipinski definition) is 2. The van der Waals surface area contributed by atoms with Crippen molar-refractivity contribution in [1.82, 2.24) is 14.9 Å². The van der Waals surface area contributed by atoms with Gasteiger partial charge in [-0.1, -0.05) is 0 Å². The zero-order valence-electron chi connectivity index (χ0n) is 6.90. The molecule has 0 aliphatic heterocycles. The summed E-state index contributed by atoms with van der Waals surface area (Å²) in [6.07, 6.45) is 3.33. The van der Waals surface area contributed by atoms with Gasteiger partial charge < -0.3 is 15.0 Å². The van der Waals surface area contributed by atoms with Gasteiger partial charge in [0.05, 0.1) is 6.33 Å². The lowest BCUT2D eigenvalue weighted by molar-refractivity contribution is 0.194. The minimum atomic E-state index is -0.980. The van der Waals surface area contributed by atoms with Gasteiger partial charge >= 0.3 is 6.09 Å². The normalized spacial score (nSPS) is 9.92. The van der Waals surface area contributed by atoms with Gasteiger partial charge in [-0.3, -0.25) is 0 Å². The van der Waals surface area contributed by atoms with Crippen LogP contribution >= 0.6 is 15.9 Å². The van der Waals surface area contributed by atoms with Crippen molar-refractivity contribution in [3.8, 4) is 0 Å². The molecule has 0 aromatic carbocycles. The summed E-state index contributed by atoms with van der Waals surface area (Å²) in [7, 11) is 0. The summed E-state index contributed by atoms with van der Waals surface area (Å²) < 4.78 is 2.69. The minimum Gasteiger partial charge on any atom is -0.465 e. The van der Waals surface area contributed by atoms with Crippen LogP contribution in [-0.2, 0) is 6.54 Å². The van der Waals surface area contributed by atoms with E-state index in [4.69, 9.17) is 5.11 Å². The molecule has 1 amide bonds. The zero-order valence-corrected chi connectivity index (χ0v) is 8.49. The topological polar surface area (TPSA) is 67.2 Å². The number of aromatic nitrogens is 2. The Labute approximate surface area is 83.9 Å². The van der Waals surface area contributed by atoms with Gasteiger partial charge in [-0.25, -0.2) is 9.78 Å². The smallest absolute Gasteiger partial charge is 0.404 e. The maximum atomic E-state index is 10.1. The average molecular weight is 248 g/mol. The van der Waals surface area contributed by atoms with E-state index in [0.29, 0.717) is 6.54 Å². The highest BCUT2D eigenvalue weighted by Gasteiger charge is 1.95. The van der Waals surface area contributed by atoms with Gasteiger partial charge in [0.25, 0.3) is 0 Å². The molecule has 0 aliphatic carbocycles. The first-order chi connectivity index (χ1) is 6.18. The van der Waals surface area contributed by atoms with Crippen molar-refractivity contribution >= 4 is 22.0 Å². The summed E-state index contributed by atoms with van der Waals surface area (Å²) in [5, 5.41) is 10.6. The molecule has 1 aromatic heterocycles. The van der Waals surface area contributed by atoms with Gasteiger partial charge in [0.2, 0.25) is 0 Å². The molecular weight excluding hydrogens is 238 g/mol. The third kappa shape index (κ3) is 3.93. The fourth-order valence-electron chi connectivity index (χ4n) is 0.912. The molecule has 72 valence electrons. The van der Waals surface area contributed by atoms with E-state index < -0.39 is 6.09 Å². The van der Waals surface area contributed by atoms with Crippen LogP contribution < -0.4 is 5.32 Å². The third-order valence-electron chi connectivity index (χ3n) is 1.47. The van der Waals surface area contributed by atoms with E-state index >= 15 is 0 Å². The van der Waals surface area contributed by atoms with Gasteiger partial charge in [0, 0.05) is 19.3 Å². The molecule has 0 atom stereocenters. The summed E-state index contributed by atoms with van der Waals surface area (Å²) in [5.74, 6) is 0. The van der Waals surface area contributed by atoms with Crippen molar-refractivity contribution in [1.29, 1.82) is 0 Å². The second kappa shape index (κ2) is 4.86. The summed E-state index contributed by atoms with van der Waals surface area (Å²) in [6.45, 7) is 1.23. The number of aryl methyl sites for hydroxylation is 1. The lowest BCUT2D eigenvalue weighted by atomic mass is 10.4. The number of halogens is 1. The molecule has 2 N–H and O–H groups in total. The van der Waals surface area contributed by atoms with Crippen LogP contribution in [0.15, 0.2) is 17.1 Å². The Morgan fingerprint density at radius 2 is 2.54 bits per heavy atom. The van der Waals surface area contributed by atoms with Gasteiger partial charge in [-0.05, 0) is 22.4 Å². The molecule has 0 fully saturated rings. The highest BCUT2D eigenvalue weighted by Crippen LogP contribution is 2.04. The standard InChI is InChI=1S/C7H10BrN3O2/c8-6-4-11(5-10-6)3-1-2-9-7(12)13/h4-5,9H,1-3H2,(H,12,13). The van der Waals surface area contributed by atoms with Gasteiger partial charge in [-0.15, -0.1) is 0 Å². The molecule has 0 saturated heterocycles. The molecule has 0 unspecified atom stereocenters. The number of carboxylic acid groups (broad SMARTS) is 1. The van der Waals surface area contributed by atoms with E-state index in [0.717, 1.165) is 17.6 Å². The van der Waals surface area contributed by atoms with Crippen LogP contribution in [0.1, 0.15) is 6.42 Å². The summed E-state index contributed by atoms with van der Waals surface area (Å²) in [6, 6.07) is 0. The monoisotopic (exact) mass is 247 g/mol. The van der Waals surface area contributed by atoms with Gasteiger partial charge in [0.15, 0.2) is 0 Å². The van der Waals surface area contributed by atoms with Crippen molar-refractivity contribution in [3.63, 3.8) is 0 Å². The molecule has 0 saturated carbocycles. The molecule has 0 spiro atoms. The van der Waals surface area contributed by atoms with E-state index in [2.05, 4.69) is 26.2 Å².